The normalized spacial score (nSPS) is 18.9. The minimum atomic E-state index is 0.113. The maximum Gasteiger partial charge on any atom is 0.0693 e. The molecule has 0 spiro atoms. The number of aromatic nitrogens is 1. The number of halogens is 1. The summed E-state index contributed by atoms with van der Waals surface area (Å²) in [6.45, 7) is 3.14. The quantitative estimate of drug-likeness (QED) is 0.834. The van der Waals surface area contributed by atoms with Gasteiger partial charge in [-0.2, -0.15) is 0 Å². The standard InChI is InChI=1S/C15H23BrN2O/c1-3-17-14(10-15(19-2)7-4-8-15)9-13-6-5-12(16)11-18-13/h5-6,11,14,17H,3-4,7-10H2,1-2H3. The number of ether oxygens (including phenoxy) is 1. The van der Waals surface area contributed by atoms with Gasteiger partial charge in [0.25, 0.3) is 0 Å². The SMILES string of the molecule is CCNC(Cc1ccc(Br)cn1)CC1(OC)CCC1. The van der Waals surface area contributed by atoms with Crippen LogP contribution in [0.2, 0.25) is 0 Å². The Labute approximate surface area is 124 Å². The third-order valence-corrected chi connectivity index (χ3v) is 4.52. The number of methoxy groups -OCH3 is 1. The van der Waals surface area contributed by atoms with E-state index in [9.17, 15) is 0 Å². The zero-order valence-corrected chi connectivity index (χ0v) is 13.4. The molecule has 1 aromatic heterocycles. The molecule has 2 rings (SSSR count). The average Bonchev–Trinajstić information content (AvgIpc) is 2.37. The first-order valence-corrected chi connectivity index (χ1v) is 7.86. The van der Waals surface area contributed by atoms with Gasteiger partial charge < -0.3 is 10.1 Å². The van der Waals surface area contributed by atoms with Crippen molar-refractivity contribution in [2.24, 2.45) is 0 Å². The molecule has 1 aliphatic rings. The predicted octanol–water partition coefficient (Wildman–Crippen LogP) is 3.32. The summed E-state index contributed by atoms with van der Waals surface area (Å²) in [5, 5.41) is 3.57. The summed E-state index contributed by atoms with van der Waals surface area (Å²) < 4.78 is 6.77. The fourth-order valence-electron chi connectivity index (χ4n) is 2.80. The van der Waals surface area contributed by atoms with Crippen LogP contribution < -0.4 is 5.32 Å². The summed E-state index contributed by atoms with van der Waals surface area (Å²) in [4.78, 5) is 4.47. The van der Waals surface area contributed by atoms with Gasteiger partial charge in [0.1, 0.15) is 0 Å². The highest BCUT2D eigenvalue weighted by atomic mass is 79.9. The fourth-order valence-corrected chi connectivity index (χ4v) is 3.03. The van der Waals surface area contributed by atoms with Crippen LogP contribution in [0.3, 0.4) is 0 Å². The van der Waals surface area contributed by atoms with E-state index in [1.807, 2.05) is 13.3 Å². The van der Waals surface area contributed by atoms with E-state index in [2.05, 4.69) is 45.3 Å². The van der Waals surface area contributed by atoms with E-state index >= 15 is 0 Å². The summed E-state index contributed by atoms with van der Waals surface area (Å²) in [6, 6.07) is 4.59. The zero-order valence-electron chi connectivity index (χ0n) is 11.8. The molecule has 0 radical (unpaired) electrons. The molecule has 1 unspecified atom stereocenters. The number of pyridine rings is 1. The van der Waals surface area contributed by atoms with Gasteiger partial charge in [0.05, 0.1) is 5.60 Å². The molecule has 1 atom stereocenters. The molecule has 19 heavy (non-hydrogen) atoms. The van der Waals surface area contributed by atoms with Crippen LogP contribution in [0.5, 0.6) is 0 Å². The van der Waals surface area contributed by atoms with Crippen LogP contribution in [0.15, 0.2) is 22.8 Å². The van der Waals surface area contributed by atoms with Crippen LogP contribution in [-0.4, -0.2) is 30.3 Å². The van der Waals surface area contributed by atoms with Crippen molar-refractivity contribution in [1.29, 1.82) is 0 Å². The molecule has 3 nitrogen and oxygen atoms in total. The van der Waals surface area contributed by atoms with Crippen LogP contribution in [0.4, 0.5) is 0 Å². The van der Waals surface area contributed by atoms with Crippen LogP contribution in [-0.2, 0) is 11.2 Å². The highest BCUT2D eigenvalue weighted by Crippen LogP contribution is 2.39. The van der Waals surface area contributed by atoms with Crippen LogP contribution in [0.25, 0.3) is 0 Å². The second-order valence-corrected chi connectivity index (χ2v) is 6.29. The van der Waals surface area contributed by atoms with Gasteiger partial charge in [-0.3, -0.25) is 4.98 Å². The van der Waals surface area contributed by atoms with Crippen LogP contribution >= 0.6 is 15.9 Å². The molecule has 4 heteroatoms. The summed E-state index contributed by atoms with van der Waals surface area (Å²) in [7, 11) is 1.85. The van der Waals surface area contributed by atoms with Gasteiger partial charge in [-0.1, -0.05) is 6.92 Å². The average molecular weight is 327 g/mol. The van der Waals surface area contributed by atoms with E-state index in [0.717, 1.165) is 29.6 Å². The van der Waals surface area contributed by atoms with Gasteiger partial charge in [0.15, 0.2) is 0 Å². The summed E-state index contributed by atoms with van der Waals surface area (Å²) in [5.74, 6) is 0. The Bertz CT molecular complexity index is 384. The number of hydrogen-bond acceptors (Lipinski definition) is 3. The first-order valence-electron chi connectivity index (χ1n) is 7.06. The van der Waals surface area contributed by atoms with E-state index in [1.54, 1.807) is 0 Å². The summed E-state index contributed by atoms with van der Waals surface area (Å²) in [6.07, 6.45) is 7.59. The first-order chi connectivity index (χ1) is 9.17. The van der Waals surface area contributed by atoms with E-state index in [4.69, 9.17) is 4.74 Å². The van der Waals surface area contributed by atoms with Crippen molar-refractivity contribution in [3.8, 4) is 0 Å². The van der Waals surface area contributed by atoms with E-state index in [0.29, 0.717) is 6.04 Å². The van der Waals surface area contributed by atoms with E-state index in [-0.39, 0.29) is 5.60 Å². The minimum absolute atomic E-state index is 0.113. The summed E-state index contributed by atoms with van der Waals surface area (Å²) >= 11 is 3.42. The number of rotatable bonds is 7. The van der Waals surface area contributed by atoms with Crippen molar-refractivity contribution >= 4 is 15.9 Å². The monoisotopic (exact) mass is 326 g/mol. The van der Waals surface area contributed by atoms with Gasteiger partial charge in [-0.25, -0.2) is 0 Å². The van der Waals surface area contributed by atoms with E-state index < -0.39 is 0 Å². The molecular formula is C15H23BrN2O. The third-order valence-electron chi connectivity index (χ3n) is 4.05. The van der Waals surface area contributed by atoms with E-state index in [1.165, 1.54) is 19.3 Å². The lowest BCUT2D eigenvalue weighted by Gasteiger charge is -2.43. The molecule has 0 saturated heterocycles. The molecule has 1 fully saturated rings. The van der Waals surface area contributed by atoms with Gasteiger partial charge in [-0.15, -0.1) is 0 Å². The lowest BCUT2D eigenvalue weighted by atomic mass is 9.75. The van der Waals surface area contributed by atoms with Crippen molar-refractivity contribution in [2.75, 3.05) is 13.7 Å². The molecule has 0 aromatic carbocycles. The Morgan fingerprint density at radius 3 is 2.74 bits per heavy atom. The van der Waals surface area contributed by atoms with Crippen LogP contribution in [0.1, 0.15) is 38.3 Å². The molecule has 1 aliphatic carbocycles. The highest BCUT2D eigenvalue weighted by molar-refractivity contribution is 9.10. The number of nitrogens with zero attached hydrogens (tertiary/aromatic N) is 1. The molecular weight excluding hydrogens is 304 g/mol. The molecule has 0 amide bonds. The van der Waals surface area contributed by atoms with Crippen molar-refractivity contribution < 1.29 is 4.74 Å². The third kappa shape index (κ3) is 4.01. The van der Waals surface area contributed by atoms with Gasteiger partial charge in [0, 0.05) is 35.9 Å². The second-order valence-electron chi connectivity index (χ2n) is 5.37. The Balaban J connectivity index is 1.97. The Morgan fingerprint density at radius 1 is 1.47 bits per heavy atom. The van der Waals surface area contributed by atoms with Crippen molar-refractivity contribution in [3.63, 3.8) is 0 Å². The number of nitrogens with one attached hydrogen (secondary N) is 1. The maximum atomic E-state index is 5.74. The molecule has 106 valence electrons. The second kappa shape index (κ2) is 6.82. The zero-order chi connectivity index (χ0) is 13.7. The molecule has 1 heterocycles. The molecule has 0 aliphatic heterocycles. The van der Waals surface area contributed by atoms with Gasteiger partial charge in [-0.05, 0) is 60.3 Å². The van der Waals surface area contributed by atoms with Crippen molar-refractivity contribution in [2.45, 2.75) is 50.7 Å². The topological polar surface area (TPSA) is 34.2 Å². The number of likely N-dealkylation sites (N-methyl/N-ethyl adjacent to an activating group) is 1. The molecule has 0 bridgehead atoms. The molecule has 1 N–H and O–H groups in total. The summed E-state index contributed by atoms with van der Waals surface area (Å²) in [5.41, 5.74) is 1.25. The Hall–Kier alpha value is -0.450. The minimum Gasteiger partial charge on any atom is -0.378 e. The number of hydrogen-bond donors (Lipinski definition) is 1. The molecule has 1 saturated carbocycles. The Kier molecular flexibility index (Phi) is 5.37. The first kappa shape index (κ1) is 14.9. The maximum absolute atomic E-state index is 5.74. The van der Waals surface area contributed by atoms with Crippen molar-refractivity contribution in [1.82, 2.24) is 10.3 Å². The lowest BCUT2D eigenvalue weighted by Crippen LogP contribution is -2.46. The van der Waals surface area contributed by atoms with Gasteiger partial charge in [0.2, 0.25) is 0 Å². The lowest BCUT2D eigenvalue weighted by molar-refractivity contribution is -0.0833. The Morgan fingerprint density at radius 2 is 2.26 bits per heavy atom. The van der Waals surface area contributed by atoms with Crippen molar-refractivity contribution in [3.05, 3.63) is 28.5 Å². The smallest absolute Gasteiger partial charge is 0.0693 e. The predicted molar refractivity (Wildman–Crippen MR) is 81.3 cm³/mol. The van der Waals surface area contributed by atoms with Crippen LogP contribution in [0, 0.1) is 0 Å². The highest BCUT2D eigenvalue weighted by Gasteiger charge is 2.38. The molecule has 1 aromatic rings. The van der Waals surface area contributed by atoms with Gasteiger partial charge >= 0.3 is 0 Å². The fraction of sp³-hybridized carbons (Fsp3) is 0.667. The largest absolute Gasteiger partial charge is 0.378 e.